The van der Waals surface area contributed by atoms with Crippen molar-refractivity contribution >= 4 is 39.7 Å². The maximum atomic E-state index is 12.6. The molecule has 0 bridgehead atoms. The number of hydrogen-bond donors (Lipinski definition) is 2. The van der Waals surface area contributed by atoms with Crippen molar-refractivity contribution in [1.82, 2.24) is 24.7 Å². The third-order valence-corrected chi connectivity index (χ3v) is 5.02. The van der Waals surface area contributed by atoms with Crippen LogP contribution in [0, 0.1) is 6.92 Å². The zero-order valence-corrected chi connectivity index (χ0v) is 17.1. The number of pyridine rings is 1. The first-order valence-corrected chi connectivity index (χ1v) is 9.97. The number of anilines is 2. The van der Waals surface area contributed by atoms with Crippen molar-refractivity contribution in [1.29, 1.82) is 0 Å². The monoisotopic (exact) mass is 412 g/mol. The van der Waals surface area contributed by atoms with E-state index in [-0.39, 0.29) is 6.61 Å². The Hall–Kier alpha value is -4.20. The Bertz CT molecular complexity index is 1390. The zero-order chi connectivity index (χ0) is 21.4. The molecule has 0 aliphatic rings. The van der Waals surface area contributed by atoms with Crippen LogP contribution in [0.2, 0.25) is 0 Å². The van der Waals surface area contributed by atoms with Crippen molar-refractivity contribution in [3.8, 4) is 5.82 Å². The van der Waals surface area contributed by atoms with Gasteiger partial charge in [-0.25, -0.2) is 14.8 Å². The van der Waals surface area contributed by atoms with E-state index in [9.17, 15) is 4.79 Å². The van der Waals surface area contributed by atoms with E-state index < -0.39 is 5.97 Å². The third kappa shape index (κ3) is 3.38. The van der Waals surface area contributed by atoms with E-state index in [1.807, 2.05) is 61.5 Å². The second-order valence-corrected chi connectivity index (χ2v) is 7.08. The minimum absolute atomic E-state index is 0.265. The number of carbonyl (C=O) groups excluding carboxylic acids is 1. The molecule has 0 aliphatic carbocycles. The highest BCUT2D eigenvalue weighted by molar-refractivity contribution is 5.96. The molecule has 0 amide bonds. The number of fused-ring (bicyclic) bond motifs is 2. The fraction of sp³-hybridized carbons (Fsp3) is 0.130. The third-order valence-electron chi connectivity index (χ3n) is 5.02. The molecule has 0 saturated carbocycles. The van der Waals surface area contributed by atoms with Crippen molar-refractivity contribution < 1.29 is 9.53 Å². The lowest BCUT2D eigenvalue weighted by Crippen LogP contribution is -2.10. The van der Waals surface area contributed by atoms with Crippen LogP contribution in [0.15, 0.2) is 60.8 Å². The lowest BCUT2D eigenvalue weighted by molar-refractivity contribution is 0.0527. The quantitative estimate of drug-likeness (QED) is 0.412. The molecule has 2 aromatic carbocycles. The van der Waals surface area contributed by atoms with Gasteiger partial charge in [0.1, 0.15) is 5.56 Å². The molecule has 0 atom stereocenters. The first-order valence-electron chi connectivity index (χ1n) is 9.97. The highest BCUT2D eigenvalue weighted by atomic mass is 16.5. The van der Waals surface area contributed by atoms with E-state index in [0.29, 0.717) is 23.1 Å². The van der Waals surface area contributed by atoms with Crippen LogP contribution in [-0.2, 0) is 4.74 Å². The van der Waals surface area contributed by atoms with Gasteiger partial charge in [-0.05, 0) is 43.7 Å². The average Bonchev–Trinajstić information content (AvgIpc) is 3.38. The fourth-order valence-corrected chi connectivity index (χ4v) is 3.56. The Morgan fingerprint density at radius 3 is 2.68 bits per heavy atom. The van der Waals surface area contributed by atoms with Crippen molar-refractivity contribution in [3.05, 3.63) is 71.9 Å². The van der Waals surface area contributed by atoms with Crippen LogP contribution >= 0.6 is 0 Å². The Morgan fingerprint density at radius 1 is 1.10 bits per heavy atom. The molecule has 5 rings (SSSR count). The van der Waals surface area contributed by atoms with E-state index in [2.05, 4.69) is 20.4 Å². The van der Waals surface area contributed by atoms with Gasteiger partial charge in [0.25, 0.3) is 0 Å². The molecule has 31 heavy (non-hydrogen) atoms. The van der Waals surface area contributed by atoms with Crippen LogP contribution in [-0.4, -0.2) is 37.3 Å². The van der Waals surface area contributed by atoms with Crippen molar-refractivity contribution in [2.75, 3.05) is 11.9 Å². The number of carbonyl (C=O) groups is 1. The van der Waals surface area contributed by atoms with E-state index in [0.717, 1.165) is 27.5 Å². The Kier molecular flexibility index (Phi) is 4.59. The minimum atomic E-state index is -0.468. The second kappa shape index (κ2) is 7.56. The first kappa shape index (κ1) is 18.8. The summed E-state index contributed by atoms with van der Waals surface area (Å²) in [7, 11) is 0. The van der Waals surface area contributed by atoms with E-state index in [4.69, 9.17) is 9.72 Å². The van der Waals surface area contributed by atoms with Gasteiger partial charge in [0.05, 0.1) is 29.4 Å². The van der Waals surface area contributed by atoms with Gasteiger partial charge in [-0.2, -0.15) is 9.78 Å². The average molecular weight is 412 g/mol. The molecule has 8 heteroatoms. The standard InChI is InChI=1S/C23H20N6O2/c1-3-31-22(30)16-13-24-29(20-12-14(2)15-8-4-5-9-17(15)25-20)21(16)28-23-26-18-10-6-7-11-19(18)27-23/h4-13H,3H2,1-2H3,(H2,26,27,28). The van der Waals surface area contributed by atoms with Gasteiger partial charge in [0.15, 0.2) is 11.6 Å². The molecule has 0 radical (unpaired) electrons. The summed E-state index contributed by atoms with van der Waals surface area (Å²) in [4.78, 5) is 25.1. The van der Waals surface area contributed by atoms with Crippen LogP contribution < -0.4 is 5.32 Å². The summed E-state index contributed by atoms with van der Waals surface area (Å²) in [6.45, 7) is 4.06. The molecule has 3 aromatic heterocycles. The fourth-order valence-electron chi connectivity index (χ4n) is 3.56. The van der Waals surface area contributed by atoms with Gasteiger partial charge < -0.3 is 15.0 Å². The Labute approximate surface area is 177 Å². The first-order chi connectivity index (χ1) is 15.1. The number of ether oxygens (including phenoxy) is 1. The predicted molar refractivity (Wildman–Crippen MR) is 119 cm³/mol. The molecule has 0 aliphatic heterocycles. The summed E-state index contributed by atoms with van der Waals surface area (Å²) in [5.41, 5.74) is 3.90. The molecule has 0 fully saturated rings. The van der Waals surface area contributed by atoms with E-state index in [1.54, 1.807) is 11.6 Å². The lowest BCUT2D eigenvalue weighted by Gasteiger charge is -2.11. The summed E-state index contributed by atoms with van der Waals surface area (Å²) < 4.78 is 6.82. The van der Waals surface area contributed by atoms with Crippen LogP contribution in [0.1, 0.15) is 22.8 Å². The van der Waals surface area contributed by atoms with E-state index >= 15 is 0 Å². The van der Waals surface area contributed by atoms with Gasteiger partial charge in [0, 0.05) is 5.39 Å². The molecular weight excluding hydrogens is 392 g/mol. The molecular formula is C23H20N6O2. The van der Waals surface area contributed by atoms with Crippen molar-refractivity contribution in [2.45, 2.75) is 13.8 Å². The highest BCUT2D eigenvalue weighted by Gasteiger charge is 2.22. The molecule has 8 nitrogen and oxygen atoms in total. The molecule has 0 unspecified atom stereocenters. The largest absolute Gasteiger partial charge is 0.462 e. The number of hydrogen-bond acceptors (Lipinski definition) is 6. The summed E-state index contributed by atoms with van der Waals surface area (Å²) in [6.07, 6.45) is 1.48. The van der Waals surface area contributed by atoms with Crippen molar-refractivity contribution in [2.24, 2.45) is 0 Å². The maximum Gasteiger partial charge on any atom is 0.343 e. The zero-order valence-electron chi connectivity index (χ0n) is 17.1. The topological polar surface area (TPSA) is 97.7 Å². The number of nitrogens with zero attached hydrogens (tertiary/aromatic N) is 4. The van der Waals surface area contributed by atoms with Crippen LogP contribution in [0.3, 0.4) is 0 Å². The predicted octanol–water partition coefficient (Wildman–Crippen LogP) is 4.53. The molecule has 2 N–H and O–H groups in total. The smallest absolute Gasteiger partial charge is 0.343 e. The van der Waals surface area contributed by atoms with Gasteiger partial charge in [0.2, 0.25) is 5.95 Å². The van der Waals surface area contributed by atoms with Crippen LogP contribution in [0.25, 0.3) is 27.8 Å². The maximum absolute atomic E-state index is 12.6. The van der Waals surface area contributed by atoms with Crippen LogP contribution in [0.4, 0.5) is 11.8 Å². The summed E-state index contributed by atoms with van der Waals surface area (Å²) in [5.74, 6) is 1.04. The Balaban J connectivity index is 1.64. The lowest BCUT2D eigenvalue weighted by atomic mass is 10.1. The molecule has 3 heterocycles. The molecule has 0 spiro atoms. The number of H-pyrrole nitrogens is 1. The van der Waals surface area contributed by atoms with Gasteiger partial charge >= 0.3 is 5.97 Å². The molecule has 0 saturated heterocycles. The number of nitrogens with one attached hydrogen (secondary N) is 2. The highest BCUT2D eigenvalue weighted by Crippen LogP contribution is 2.27. The summed E-state index contributed by atoms with van der Waals surface area (Å²) in [6, 6.07) is 17.5. The SMILES string of the molecule is CCOC(=O)c1cnn(-c2cc(C)c3ccccc3n2)c1Nc1nc2ccccc2[nH]1. The number of rotatable bonds is 5. The number of imidazole rings is 1. The van der Waals surface area contributed by atoms with Gasteiger partial charge in [-0.15, -0.1) is 0 Å². The number of para-hydroxylation sites is 3. The Morgan fingerprint density at radius 2 is 1.87 bits per heavy atom. The van der Waals surface area contributed by atoms with Crippen LogP contribution in [0.5, 0.6) is 0 Å². The van der Waals surface area contributed by atoms with Gasteiger partial charge in [-0.1, -0.05) is 30.3 Å². The number of benzene rings is 2. The number of esters is 1. The molecule has 154 valence electrons. The normalized spacial score (nSPS) is 11.2. The number of aromatic amines is 1. The number of aryl methyl sites for hydroxylation is 1. The summed E-state index contributed by atoms with van der Waals surface area (Å²) >= 11 is 0. The van der Waals surface area contributed by atoms with E-state index in [1.165, 1.54) is 6.20 Å². The molecule has 5 aromatic rings. The second-order valence-electron chi connectivity index (χ2n) is 7.08. The minimum Gasteiger partial charge on any atom is -0.462 e. The van der Waals surface area contributed by atoms with Gasteiger partial charge in [-0.3, -0.25) is 0 Å². The van der Waals surface area contributed by atoms with Crippen molar-refractivity contribution in [3.63, 3.8) is 0 Å². The number of aromatic nitrogens is 5. The summed E-state index contributed by atoms with van der Waals surface area (Å²) in [5, 5.41) is 8.71.